The van der Waals surface area contributed by atoms with Gasteiger partial charge in [0.15, 0.2) is 0 Å². The van der Waals surface area contributed by atoms with Gasteiger partial charge < -0.3 is 14.6 Å². The Bertz CT molecular complexity index is 233. The van der Waals surface area contributed by atoms with Crippen LogP contribution in [0.1, 0.15) is 27.2 Å². The molecule has 0 unspecified atom stereocenters. The molecule has 0 aliphatic heterocycles. The summed E-state index contributed by atoms with van der Waals surface area (Å²) in [6, 6.07) is 0. The van der Waals surface area contributed by atoms with Crippen LogP contribution in [0.2, 0.25) is 0 Å². The van der Waals surface area contributed by atoms with E-state index in [1.165, 1.54) is 0 Å². The summed E-state index contributed by atoms with van der Waals surface area (Å²) >= 11 is 0. The van der Waals surface area contributed by atoms with Crippen molar-refractivity contribution in [3.8, 4) is 0 Å². The third kappa shape index (κ3) is 8.89. The minimum Gasteiger partial charge on any atom is -0.545 e. The van der Waals surface area contributed by atoms with Crippen LogP contribution in [0.5, 0.6) is 0 Å². The Morgan fingerprint density at radius 2 is 1.86 bits per heavy atom. The quantitative estimate of drug-likeness (QED) is 0.290. The van der Waals surface area contributed by atoms with Gasteiger partial charge in [-0.2, -0.15) is 0 Å². The summed E-state index contributed by atoms with van der Waals surface area (Å²) in [7, 11) is 0. The van der Waals surface area contributed by atoms with Gasteiger partial charge in [-0.05, 0) is 26.3 Å². The predicted octanol–water partition coefficient (Wildman–Crippen LogP) is -2.97. The minimum absolute atomic E-state index is 0. The van der Waals surface area contributed by atoms with E-state index in [0.29, 0.717) is 12.5 Å². The second-order valence-electron chi connectivity index (χ2n) is 3.19. The van der Waals surface area contributed by atoms with Crippen molar-refractivity contribution in [2.75, 3.05) is 0 Å². The molecular formula is C9H13KO4. The molecule has 0 heterocycles. The third-order valence-corrected chi connectivity index (χ3v) is 1.58. The van der Waals surface area contributed by atoms with Gasteiger partial charge in [-0.1, -0.05) is 6.92 Å². The number of carbonyl (C=O) groups excluding carboxylic acids is 2. The van der Waals surface area contributed by atoms with E-state index in [1.54, 1.807) is 13.8 Å². The number of hydrogen-bond acceptors (Lipinski definition) is 4. The molecule has 4 nitrogen and oxygen atoms in total. The summed E-state index contributed by atoms with van der Waals surface area (Å²) in [5.41, 5.74) is -0.562. The van der Waals surface area contributed by atoms with E-state index < -0.39 is 17.5 Å². The van der Waals surface area contributed by atoms with Crippen molar-refractivity contribution in [1.82, 2.24) is 0 Å². The maximum Gasteiger partial charge on any atom is 1.00 e. The van der Waals surface area contributed by atoms with Gasteiger partial charge in [0.25, 0.3) is 0 Å². The van der Waals surface area contributed by atoms with Crippen LogP contribution in [0.25, 0.3) is 0 Å². The van der Waals surface area contributed by atoms with Gasteiger partial charge in [0.1, 0.15) is 5.60 Å². The first-order valence-electron chi connectivity index (χ1n) is 3.99. The Morgan fingerprint density at radius 1 is 1.36 bits per heavy atom. The first kappa shape index (κ1) is 16.7. The molecule has 5 heteroatoms. The molecule has 0 N–H and O–H groups in total. The molecule has 74 valence electrons. The molecule has 0 bridgehead atoms. The van der Waals surface area contributed by atoms with Crippen molar-refractivity contribution in [2.24, 2.45) is 0 Å². The number of rotatable bonds is 4. The fraction of sp³-hybridized carbons (Fsp3) is 0.556. The van der Waals surface area contributed by atoms with Crippen molar-refractivity contribution in [2.45, 2.75) is 32.8 Å². The second kappa shape index (κ2) is 7.59. The van der Waals surface area contributed by atoms with E-state index in [1.807, 2.05) is 6.92 Å². The van der Waals surface area contributed by atoms with Gasteiger partial charge in [-0.15, -0.1) is 0 Å². The molecule has 14 heavy (non-hydrogen) atoms. The molecule has 0 atom stereocenters. The van der Waals surface area contributed by atoms with Crippen LogP contribution in [0.4, 0.5) is 0 Å². The van der Waals surface area contributed by atoms with E-state index in [0.717, 1.165) is 6.08 Å². The van der Waals surface area contributed by atoms with Gasteiger partial charge in [0.2, 0.25) is 0 Å². The molecule has 0 aromatic carbocycles. The number of carboxylic acid groups (broad SMARTS) is 1. The molecule has 0 aromatic rings. The zero-order valence-electron chi connectivity index (χ0n) is 8.99. The smallest absolute Gasteiger partial charge is 0.545 e. The molecule has 0 rings (SSSR count). The number of carbonyl (C=O) groups is 2. The van der Waals surface area contributed by atoms with Crippen LogP contribution in [0.15, 0.2) is 12.2 Å². The molecule has 0 aliphatic rings. The molecule has 0 amide bonds. The Hall–Kier alpha value is 0.316. The molecule has 0 aromatic heterocycles. The molecule has 0 aliphatic carbocycles. The zero-order valence-corrected chi connectivity index (χ0v) is 12.1. The Labute approximate surface area is 126 Å². The van der Waals surface area contributed by atoms with Gasteiger partial charge in [0, 0.05) is 6.08 Å². The average Bonchev–Trinajstić information content (AvgIpc) is 2.00. The van der Waals surface area contributed by atoms with E-state index in [9.17, 15) is 14.7 Å². The standard InChI is InChI=1S/C9H14O4.K/c1-4-9(2,3)13-8(12)6-5-7(10)11;/h5-6H,4H2,1-3H3,(H,10,11);/q;+1/p-1/b6-5+;. The van der Waals surface area contributed by atoms with Crippen LogP contribution in [-0.2, 0) is 14.3 Å². The van der Waals surface area contributed by atoms with Gasteiger partial charge in [-0.3, -0.25) is 0 Å². The maximum atomic E-state index is 10.9. The summed E-state index contributed by atoms with van der Waals surface area (Å²) < 4.78 is 4.92. The van der Waals surface area contributed by atoms with Gasteiger partial charge >= 0.3 is 57.4 Å². The molecule has 0 spiro atoms. The summed E-state index contributed by atoms with van der Waals surface area (Å²) in [5.74, 6) is -2.08. The van der Waals surface area contributed by atoms with Crippen LogP contribution in [-0.4, -0.2) is 17.5 Å². The number of hydrogen-bond donors (Lipinski definition) is 0. The molecule has 0 radical (unpaired) electrons. The molecular weight excluding hydrogens is 211 g/mol. The van der Waals surface area contributed by atoms with Crippen LogP contribution < -0.4 is 56.5 Å². The monoisotopic (exact) mass is 224 g/mol. The molecule has 0 saturated carbocycles. The van der Waals surface area contributed by atoms with Crippen molar-refractivity contribution >= 4 is 11.9 Å². The topological polar surface area (TPSA) is 66.4 Å². The third-order valence-electron chi connectivity index (χ3n) is 1.58. The van der Waals surface area contributed by atoms with Gasteiger partial charge in [-0.25, -0.2) is 4.79 Å². The van der Waals surface area contributed by atoms with E-state index in [-0.39, 0.29) is 51.4 Å². The van der Waals surface area contributed by atoms with E-state index in [4.69, 9.17) is 4.74 Å². The minimum atomic E-state index is -1.41. The number of carboxylic acids is 1. The van der Waals surface area contributed by atoms with Crippen LogP contribution in [0.3, 0.4) is 0 Å². The Kier molecular flexibility index (Phi) is 9.07. The summed E-state index contributed by atoms with van der Waals surface area (Å²) in [4.78, 5) is 20.9. The largest absolute Gasteiger partial charge is 1.00 e. The average molecular weight is 224 g/mol. The SMILES string of the molecule is CCC(C)(C)OC(=O)/C=C/C(=O)[O-].[K+]. The normalized spacial score (nSPS) is 10.8. The van der Waals surface area contributed by atoms with E-state index in [2.05, 4.69) is 0 Å². The number of ether oxygens (including phenoxy) is 1. The van der Waals surface area contributed by atoms with Crippen LogP contribution in [0, 0.1) is 0 Å². The second-order valence-corrected chi connectivity index (χ2v) is 3.19. The number of esters is 1. The van der Waals surface area contributed by atoms with Gasteiger partial charge in [0.05, 0.1) is 5.97 Å². The van der Waals surface area contributed by atoms with Crippen molar-refractivity contribution < 1.29 is 70.8 Å². The maximum absolute atomic E-state index is 10.9. The summed E-state index contributed by atoms with van der Waals surface area (Å²) in [6.45, 7) is 5.37. The predicted molar refractivity (Wildman–Crippen MR) is 44.6 cm³/mol. The Balaban J connectivity index is 0. The van der Waals surface area contributed by atoms with Crippen molar-refractivity contribution in [1.29, 1.82) is 0 Å². The first-order chi connectivity index (χ1) is 5.87. The van der Waals surface area contributed by atoms with Crippen molar-refractivity contribution in [3.63, 3.8) is 0 Å². The summed E-state index contributed by atoms with van der Waals surface area (Å²) in [5, 5.41) is 9.93. The Morgan fingerprint density at radius 3 is 2.21 bits per heavy atom. The zero-order chi connectivity index (χ0) is 10.5. The van der Waals surface area contributed by atoms with E-state index >= 15 is 0 Å². The molecule has 0 saturated heterocycles. The molecule has 0 fully saturated rings. The fourth-order valence-electron chi connectivity index (χ4n) is 0.515. The fourth-order valence-corrected chi connectivity index (χ4v) is 0.515. The first-order valence-corrected chi connectivity index (χ1v) is 3.99. The van der Waals surface area contributed by atoms with Crippen LogP contribution >= 0.6 is 0 Å². The number of aliphatic carboxylic acids is 1. The summed E-state index contributed by atoms with van der Waals surface area (Å²) in [6.07, 6.45) is 2.15. The van der Waals surface area contributed by atoms with Crippen molar-refractivity contribution in [3.05, 3.63) is 12.2 Å².